The Morgan fingerprint density at radius 1 is 1.65 bits per heavy atom. The van der Waals surface area contributed by atoms with Gasteiger partial charge in [-0.1, -0.05) is 11.6 Å². The van der Waals surface area contributed by atoms with E-state index in [4.69, 9.17) is 21.4 Å². The van der Waals surface area contributed by atoms with Crippen molar-refractivity contribution in [3.8, 4) is 0 Å². The minimum Gasteiger partial charge on any atom is -0.478 e. The first kappa shape index (κ1) is 11.9. The van der Waals surface area contributed by atoms with Crippen LogP contribution in [0.25, 0.3) is 11.0 Å². The summed E-state index contributed by atoms with van der Waals surface area (Å²) in [6.07, 6.45) is 3.09. The van der Waals surface area contributed by atoms with Gasteiger partial charge in [-0.05, 0) is 6.07 Å². The number of methoxy groups -OCH3 is 1. The Morgan fingerprint density at radius 3 is 3.06 bits per heavy atom. The van der Waals surface area contributed by atoms with E-state index in [9.17, 15) is 4.79 Å². The SMILES string of the molecule is COCCn1cc(C(=O)O)c2c(Cl)ccnc21. The molecule has 90 valence electrons. The summed E-state index contributed by atoms with van der Waals surface area (Å²) in [6.45, 7) is 1.02. The van der Waals surface area contributed by atoms with Crippen LogP contribution in [0, 0.1) is 0 Å². The van der Waals surface area contributed by atoms with E-state index < -0.39 is 5.97 Å². The Kier molecular flexibility index (Phi) is 3.31. The molecule has 17 heavy (non-hydrogen) atoms. The molecule has 0 spiro atoms. The molecule has 0 amide bonds. The van der Waals surface area contributed by atoms with Crippen molar-refractivity contribution in [2.75, 3.05) is 13.7 Å². The van der Waals surface area contributed by atoms with Gasteiger partial charge in [-0.25, -0.2) is 9.78 Å². The summed E-state index contributed by atoms with van der Waals surface area (Å²) in [4.78, 5) is 15.3. The fourth-order valence-corrected chi connectivity index (χ4v) is 1.94. The van der Waals surface area contributed by atoms with Crippen molar-refractivity contribution in [2.24, 2.45) is 0 Å². The molecule has 0 atom stereocenters. The summed E-state index contributed by atoms with van der Waals surface area (Å²) >= 11 is 6.01. The molecule has 2 aromatic heterocycles. The maximum atomic E-state index is 11.1. The first-order chi connectivity index (χ1) is 8.15. The molecule has 1 N–H and O–H groups in total. The van der Waals surface area contributed by atoms with Gasteiger partial charge in [0.15, 0.2) is 0 Å². The second kappa shape index (κ2) is 4.73. The van der Waals surface area contributed by atoms with Crippen LogP contribution in [0.2, 0.25) is 5.02 Å². The van der Waals surface area contributed by atoms with Crippen LogP contribution in [0.3, 0.4) is 0 Å². The van der Waals surface area contributed by atoms with E-state index in [1.165, 1.54) is 6.20 Å². The summed E-state index contributed by atoms with van der Waals surface area (Å²) in [5.74, 6) is -1.01. The van der Waals surface area contributed by atoms with Gasteiger partial charge in [-0.15, -0.1) is 0 Å². The Balaban J connectivity index is 2.62. The zero-order valence-corrected chi connectivity index (χ0v) is 9.94. The predicted octanol–water partition coefficient (Wildman–Crippen LogP) is 2.03. The lowest BCUT2D eigenvalue weighted by atomic mass is 10.2. The molecule has 6 heteroatoms. The Morgan fingerprint density at radius 2 is 2.41 bits per heavy atom. The van der Waals surface area contributed by atoms with Gasteiger partial charge in [0.25, 0.3) is 0 Å². The number of rotatable bonds is 4. The summed E-state index contributed by atoms with van der Waals surface area (Å²) in [5.41, 5.74) is 0.723. The molecular weight excluding hydrogens is 244 g/mol. The average molecular weight is 255 g/mol. The van der Waals surface area contributed by atoms with E-state index in [0.717, 1.165) is 0 Å². The number of aromatic nitrogens is 2. The number of aromatic carboxylic acids is 1. The Bertz CT molecular complexity index is 565. The van der Waals surface area contributed by atoms with Gasteiger partial charge >= 0.3 is 5.97 Å². The molecule has 5 nitrogen and oxygen atoms in total. The standard InChI is InChI=1S/C11H11ClN2O3/c1-17-5-4-14-6-7(11(15)16)9-8(12)2-3-13-10(9)14/h2-3,6H,4-5H2,1H3,(H,15,16). The topological polar surface area (TPSA) is 64.3 Å². The quantitative estimate of drug-likeness (QED) is 0.907. The molecule has 0 fully saturated rings. The molecule has 0 bridgehead atoms. The van der Waals surface area contributed by atoms with Gasteiger partial charge in [0.05, 0.1) is 22.6 Å². The normalized spacial score (nSPS) is 10.9. The van der Waals surface area contributed by atoms with Crippen molar-refractivity contribution in [3.05, 3.63) is 29.0 Å². The van der Waals surface area contributed by atoms with E-state index in [2.05, 4.69) is 4.98 Å². The maximum Gasteiger partial charge on any atom is 0.337 e. The highest BCUT2D eigenvalue weighted by Crippen LogP contribution is 2.27. The number of halogens is 1. The number of nitrogens with zero attached hydrogens (tertiary/aromatic N) is 2. The van der Waals surface area contributed by atoms with Crippen LogP contribution in [0.4, 0.5) is 0 Å². The zero-order valence-electron chi connectivity index (χ0n) is 9.18. The highest BCUT2D eigenvalue weighted by molar-refractivity contribution is 6.36. The molecule has 2 aromatic rings. The zero-order chi connectivity index (χ0) is 12.4. The van der Waals surface area contributed by atoms with E-state index in [0.29, 0.717) is 29.2 Å². The summed E-state index contributed by atoms with van der Waals surface area (Å²) in [6, 6.07) is 1.58. The fourth-order valence-electron chi connectivity index (χ4n) is 1.70. The van der Waals surface area contributed by atoms with Crippen molar-refractivity contribution < 1.29 is 14.6 Å². The summed E-state index contributed by atoms with van der Waals surface area (Å²) in [5, 5.41) is 9.98. The smallest absolute Gasteiger partial charge is 0.337 e. The van der Waals surface area contributed by atoms with E-state index in [1.54, 1.807) is 23.9 Å². The van der Waals surface area contributed by atoms with Crippen LogP contribution in [-0.4, -0.2) is 34.3 Å². The fraction of sp³-hybridized carbons (Fsp3) is 0.273. The molecule has 0 unspecified atom stereocenters. The van der Waals surface area contributed by atoms with E-state index in [1.807, 2.05) is 0 Å². The number of ether oxygens (including phenoxy) is 1. The molecule has 0 radical (unpaired) electrons. The molecule has 0 aliphatic heterocycles. The minimum atomic E-state index is -1.01. The van der Waals surface area contributed by atoms with Gasteiger partial charge in [-0.3, -0.25) is 0 Å². The highest BCUT2D eigenvalue weighted by Gasteiger charge is 2.17. The number of carboxylic acid groups (broad SMARTS) is 1. The highest BCUT2D eigenvalue weighted by atomic mass is 35.5. The number of carbonyl (C=O) groups is 1. The molecule has 0 aliphatic carbocycles. The molecule has 0 saturated carbocycles. The third-order valence-electron chi connectivity index (χ3n) is 2.47. The van der Waals surface area contributed by atoms with Crippen molar-refractivity contribution >= 4 is 28.6 Å². The number of pyridine rings is 1. The van der Waals surface area contributed by atoms with Crippen LogP contribution in [0.1, 0.15) is 10.4 Å². The van der Waals surface area contributed by atoms with Crippen molar-refractivity contribution in [2.45, 2.75) is 6.54 Å². The number of hydrogen-bond donors (Lipinski definition) is 1. The first-order valence-corrected chi connectivity index (χ1v) is 5.38. The summed E-state index contributed by atoms with van der Waals surface area (Å²) in [7, 11) is 1.59. The van der Waals surface area contributed by atoms with Crippen molar-refractivity contribution in [1.29, 1.82) is 0 Å². The lowest BCUT2D eigenvalue weighted by Gasteiger charge is -2.02. The second-order valence-corrected chi connectivity index (χ2v) is 3.93. The third-order valence-corrected chi connectivity index (χ3v) is 2.79. The van der Waals surface area contributed by atoms with Crippen LogP contribution >= 0.6 is 11.6 Å². The monoisotopic (exact) mass is 254 g/mol. The van der Waals surface area contributed by atoms with Crippen LogP contribution in [-0.2, 0) is 11.3 Å². The van der Waals surface area contributed by atoms with Crippen molar-refractivity contribution in [1.82, 2.24) is 9.55 Å². The number of carboxylic acids is 1. The third kappa shape index (κ3) is 2.11. The maximum absolute atomic E-state index is 11.1. The number of hydrogen-bond acceptors (Lipinski definition) is 3. The lowest BCUT2D eigenvalue weighted by molar-refractivity contribution is 0.0698. The molecular formula is C11H11ClN2O3. The molecule has 0 saturated heterocycles. The second-order valence-electron chi connectivity index (χ2n) is 3.53. The van der Waals surface area contributed by atoms with Crippen molar-refractivity contribution in [3.63, 3.8) is 0 Å². The van der Waals surface area contributed by atoms with Crippen LogP contribution in [0.5, 0.6) is 0 Å². The molecule has 0 aromatic carbocycles. The molecule has 0 aliphatic rings. The average Bonchev–Trinajstić information content (AvgIpc) is 2.67. The largest absolute Gasteiger partial charge is 0.478 e. The molecule has 2 heterocycles. The van der Waals surface area contributed by atoms with Crippen LogP contribution < -0.4 is 0 Å². The van der Waals surface area contributed by atoms with Gasteiger partial charge in [0, 0.05) is 26.0 Å². The minimum absolute atomic E-state index is 0.161. The van der Waals surface area contributed by atoms with Gasteiger partial charge in [0.1, 0.15) is 5.65 Å². The lowest BCUT2D eigenvalue weighted by Crippen LogP contribution is -2.03. The molecule has 2 rings (SSSR count). The number of fused-ring (bicyclic) bond motifs is 1. The van der Waals surface area contributed by atoms with E-state index in [-0.39, 0.29) is 5.56 Å². The Hall–Kier alpha value is -1.59. The van der Waals surface area contributed by atoms with Gasteiger partial charge < -0.3 is 14.4 Å². The Labute approximate surface area is 103 Å². The van der Waals surface area contributed by atoms with Gasteiger partial charge in [-0.2, -0.15) is 0 Å². The van der Waals surface area contributed by atoms with E-state index >= 15 is 0 Å². The first-order valence-electron chi connectivity index (χ1n) is 5.00. The van der Waals surface area contributed by atoms with Crippen LogP contribution in [0.15, 0.2) is 18.5 Å². The summed E-state index contributed by atoms with van der Waals surface area (Å²) < 4.78 is 6.70. The van der Waals surface area contributed by atoms with Gasteiger partial charge in [0.2, 0.25) is 0 Å². The predicted molar refractivity (Wildman–Crippen MR) is 63.6 cm³/mol.